The van der Waals surface area contributed by atoms with Crippen molar-refractivity contribution in [2.45, 2.75) is 11.5 Å². The van der Waals surface area contributed by atoms with Crippen molar-refractivity contribution < 1.29 is 0 Å². The molecule has 1 rings (SSSR count). The maximum atomic E-state index is 5.65. The van der Waals surface area contributed by atoms with Gasteiger partial charge in [-0.1, -0.05) is 6.08 Å². The first-order valence-electron chi connectivity index (χ1n) is 2.72. The van der Waals surface area contributed by atoms with Crippen LogP contribution in [-0.2, 0) is 0 Å². The SMILES string of the molecule is CC1=CC=CC(N)(Br)N1. The lowest BCUT2D eigenvalue weighted by Gasteiger charge is -2.24. The van der Waals surface area contributed by atoms with E-state index in [1.807, 2.05) is 25.2 Å². The van der Waals surface area contributed by atoms with Gasteiger partial charge in [0.05, 0.1) is 0 Å². The molecule has 2 nitrogen and oxygen atoms in total. The summed E-state index contributed by atoms with van der Waals surface area (Å²) in [4.78, 5) is 0. The van der Waals surface area contributed by atoms with Crippen molar-refractivity contribution in [3.05, 3.63) is 23.9 Å². The van der Waals surface area contributed by atoms with Gasteiger partial charge in [0.2, 0.25) is 0 Å². The summed E-state index contributed by atoms with van der Waals surface area (Å²) in [7, 11) is 0. The van der Waals surface area contributed by atoms with Crippen molar-refractivity contribution in [1.82, 2.24) is 5.32 Å². The van der Waals surface area contributed by atoms with Gasteiger partial charge in [0.1, 0.15) is 0 Å². The van der Waals surface area contributed by atoms with Crippen LogP contribution in [0.1, 0.15) is 6.92 Å². The number of alkyl halides is 1. The monoisotopic (exact) mass is 188 g/mol. The number of halogens is 1. The smallest absolute Gasteiger partial charge is 0.163 e. The number of nitrogens with two attached hydrogens (primary N) is 1. The fraction of sp³-hybridized carbons (Fsp3) is 0.333. The number of nitrogens with one attached hydrogen (secondary N) is 1. The molecule has 0 aliphatic carbocycles. The quantitative estimate of drug-likeness (QED) is 0.441. The number of rotatable bonds is 0. The zero-order valence-electron chi connectivity index (χ0n) is 5.19. The van der Waals surface area contributed by atoms with Crippen LogP contribution in [0, 0.1) is 0 Å². The molecule has 0 saturated heterocycles. The van der Waals surface area contributed by atoms with Gasteiger partial charge in [-0.2, -0.15) is 0 Å². The fourth-order valence-corrected chi connectivity index (χ4v) is 1.18. The van der Waals surface area contributed by atoms with E-state index in [0.29, 0.717) is 0 Å². The molecule has 9 heavy (non-hydrogen) atoms. The van der Waals surface area contributed by atoms with Crippen LogP contribution in [0.4, 0.5) is 0 Å². The van der Waals surface area contributed by atoms with Crippen LogP contribution in [0.15, 0.2) is 23.9 Å². The van der Waals surface area contributed by atoms with Crippen LogP contribution < -0.4 is 11.1 Å². The predicted molar refractivity (Wildman–Crippen MR) is 41.9 cm³/mol. The van der Waals surface area contributed by atoms with E-state index in [0.717, 1.165) is 5.70 Å². The van der Waals surface area contributed by atoms with Crippen molar-refractivity contribution in [3.8, 4) is 0 Å². The van der Waals surface area contributed by atoms with E-state index in [9.17, 15) is 0 Å². The van der Waals surface area contributed by atoms with Crippen molar-refractivity contribution in [2.24, 2.45) is 5.73 Å². The van der Waals surface area contributed by atoms with E-state index < -0.39 is 4.57 Å². The van der Waals surface area contributed by atoms with Gasteiger partial charge >= 0.3 is 0 Å². The van der Waals surface area contributed by atoms with Gasteiger partial charge in [0.25, 0.3) is 0 Å². The highest BCUT2D eigenvalue weighted by molar-refractivity contribution is 9.10. The molecule has 0 radical (unpaired) electrons. The van der Waals surface area contributed by atoms with Crippen LogP contribution in [0.25, 0.3) is 0 Å². The standard InChI is InChI=1S/C6H9BrN2/c1-5-3-2-4-6(7,8)9-5/h2-4,9H,8H2,1H3. The maximum absolute atomic E-state index is 5.65. The van der Waals surface area contributed by atoms with Crippen LogP contribution in [0.2, 0.25) is 0 Å². The Labute approximate surface area is 62.9 Å². The molecule has 0 fully saturated rings. The fourth-order valence-electron chi connectivity index (χ4n) is 0.718. The van der Waals surface area contributed by atoms with Gasteiger partial charge in [-0.3, -0.25) is 5.73 Å². The molecule has 1 unspecified atom stereocenters. The van der Waals surface area contributed by atoms with Crippen LogP contribution in [-0.4, -0.2) is 4.57 Å². The highest BCUT2D eigenvalue weighted by atomic mass is 79.9. The molecule has 0 aromatic heterocycles. The molecule has 3 N–H and O–H groups in total. The average molecular weight is 189 g/mol. The van der Waals surface area contributed by atoms with Crippen LogP contribution in [0.5, 0.6) is 0 Å². The summed E-state index contributed by atoms with van der Waals surface area (Å²) >= 11 is 3.27. The Hall–Kier alpha value is -0.280. The zero-order chi connectivity index (χ0) is 6.91. The van der Waals surface area contributed by atoms with E-state index in [-0.39, 0.29) is 0 Å². The van der Waals surface area contributed by atoms with Crippen molar-refractivity contribution in [3.63, 3.8) is 0 Å². The van der Waals surface area contributed by atoms with Crippen molar-refractivity contribution >= 4 is 15.9 Å². The summed E-state index contributed by atoms with van der Waals surface area (Å²) in [5.74, 6) is 0. The molecule has 0 aromatic rings. The van der Waals surface area contributed by atoms with Gasteiger partial charge in [0.15, 0.2) is 4.57 Å². The number of hydrogen-bond donors (Lipinski definition) is 2. The van der Waals surface area contributed by atoms with Gasteiger partial charge in [0, 0.05) is 5.70 Å². The third-order valence-electron chi connectivity index (χ3n) is 1.07. The molecule has 3 heteroatoms. The molecule has 0 saturated carbocycles. The molecule has 50 valence electrons. The van der Waals surface area contributed by atoms with E-state index in [1.165, 1.54) is 0 Å². The third kappa shape index (κ3) is 1.84. The minimum absolute atomic E-state index is 0.536. The Morgan fingerprint density at radius 2 is 2.44 bits per heavy atom. The first-order chi connectivity index (χ1) is 4.10. The van der Waals surface area contributed by atoms with E-state index >= 15 is 0 Å². The van der Waals surface area contributed by atoms with Crippen molar-refractivity contribution in [2.75, 3.05) is 0 Å². The van der Waals surface area contributed by atoms with Gasteiger partial charge in [-0.15, -0.1) is 0 Å². The second kappa shape index (κ2) is 2.15. The van der Waals surface area contributed by atoms with E-state index in [2.05, 4.69) is 21.2 Å². The third-order valence-corrected chi connectivity index (χ3v) is 1.54. The second-order valence-corrected chi connectivity index (χ2v) is 3.41. The lowest BCUT2D eigenvalue weighted by atomic mass is 10.3. The number of allylic oxidation sites excluding steroid dienone is 3. The first kappa shape index (κ1) is 6.83. The highest BCUT2D eigenvalue weighted by Gasteiger charge is 2.16. The zero-order valence-corrected chi connectivity index (χ0v) is 6.77. The Morgan fingerprint density at radius 1 is 1.78 bits per heavy atom. The highest BCUT2D eigenvalue weighted by Crippen LogP contribution is 2.13. The minimum Gasteiger partial charge on any atom is -0.359 e. The molecular formula is C6H9BrN2. The van der Waals surface area contributed by atoms with Gasteiger partial charge in [-0.25, -0.2) is 0 Å². The molecule has 0 bridgehead atoms. The first-order valence-corrected chi connectivity index (χ1v) is 3.51. The molecule has 1 heterocycles. The molecule has 0 aromatic carbocycles. The lowest BCUT2D eigenvalue weighted by molar-refractivity contribution is 0.648. The molecule has 1 aliphatic rings. The number of hydrogen-bond acceptors (Lipinski definition) is 2. The summed E-state index contributed by atoms with van der Waals surface area (Å²) in [6.45, 7) is 1.96. The molecule has 0 amide bonds. The number of dihydropyridines is 1. The summed E-state index contributed by atoms with van der Waals surface area (Å²) in [6, 6.07) is 0. The summed E-state index contributed by atoms with van der Waals surface area (Å²) < 4.78 is -0.536. The summed E-state index contributed by atoms with van der Waals surface area (Å²) in [5, 5.41) is 3.02. The minimum atomic E-state index is -0.536. The lowest BCUT2D eigenvalue weighted by Crippen LogP contribution is -2.45. The maximum Gasteiger partial charge on any atom is 0.163 e. The topological polar surface area (TPSA) is 38.0 Å². The predicted octanol–water partition coefficient (Wildman–Crippen LogP) is 1.06. The second-order valence-electron chi connectivity index (χ2n) is 2.10. The van der Waals surface area contributed by atoms with Crippen LogP contribution in [0.3, 0.4) is 0 Å². The Bertz CT molecular complexity index is 170. The van der Waals surface area contributed by atoms with E-state index in [4.69, 9.17) is 5.73 Å². The van der Waals surface area contributed by atoms with E-state index in [1.54, 1.807) is 0 Å². The average Bonchev–Trinajstić information content (AvgIpc) is 1.60. The molecular weight excluding hydrogens is 180 g/mol. The molecule has 1 aliphatic heterocycles. The molecule has 1 atom stereocenters. The summed E-state index contributed by atoms with van der Waals surface area (Å²) in [6.07, 6.45) is 5.73. The largest absolute Gasteiger partial charge is 0.359 e. The van der Waals surface area contributed by atoms with Crippen LogP contribution >= 0.6 is 15.9 Å². The van der Waals surface area contributed by atoms with Gasteiger partial charge < -0.3 is 5.32 Å². The molecule has 0 spiro atoms. The van der Waals surface area contributed by atoms with Crippen molar-refractivity contribution in [1.29, 1.82) is 0 Å². The Morgan fingerprint density at radius 3 is 2.78 bits per heavy atom. The Balaban J connectivity index is 2.73. The van der Waals surface area contributed by atoms with Gasteiger partial charge in [-0.05, 0) is 35.0 Å². The normalized spacial score (nSPS) is 33.4. The summed E-state index contributed by atoms with van der Waals surface area (Å²) in [5.41, 5.74) is 6.71. The Kier molecular flexibility index (Phi) is 1.64.